The second-order valence-electron chi connectivity index (χ2n) is 6.59. The summed E-state index contributed by atoms with van der Waals surface area (Å²) >= 11 is 0. The maximum absolute atomic E-state index is 11.6. The van der Waals surface area contributed by atoms with Crippen LogP contribution in [0.5, 0.6) is 5.75 Å². The molecule has 1 rings (SSSR count). The lowest BCUT2D eigenvalue weighted by Crippen LogP contribution is -2.34. The van der Waals surface area contributed by atoms with Gasteiger partial charge in [0.05, 0.1) is 7.11 Å². The lowest BCUT2D eigenvalue weighted by Gasteiger charge is -2.23. The van der Waals surface area contributed by atoms with Crippen molar-refractivity contribution < 1.29 is 14.3 Å². The molecule has 0 aliphatic rings. The van der Waals surface area contributed by atoms with Crippen molar-refractivity contribution in [1.29, 1.82) is 0 Å². The van der Waals surface area contributed by atoms with Gasteiger partial charge >= 0.3 is 6.09 Å². The lowest BCUT2D eigenvalue weighted by molar-refractivity contribution is 0.0418. The fourth-order valence-corrected chi connectivity index (χ4v) is 2.49. The first-order valence-corrected chi connectivity index (χ1v) is 8.80. The molecule has 4 nitrogen and oxygen atoms in total. The summed E-state index contributed by atoms with van der Waals surface area (Å²) in [6.07, 6.45) is 8.99. The molecule has 4 heteroatoms. The Morgan fingerprint density at radius 1 is 1.32 bits per heavy atom. The highest BCUT2D eigenvalue weighted by molar-refractivity contribution is 5.67. The number of rotatable bonds is 10. The van der Waals surface area contributed by atoms with Crippen LogP contribution >= 0.6 is 0 Å². The molecule has 0 saturated heterocycles. The van der Waals surface area contributed by atoms with E-state index in [0.717, 1.165) is 25.0 Å². The summed E-state index contributed by atoms with van der Waals surface area (Å²) in [6.45, 7) is 9.93. The van der Waals surface area contributed by atoms with E-state index in [4.69, 9.17) is 9.47 Å². The molecule has 0 unspecified atom stereocenters. The van der Waals surface area contributed by atoms with E-state index in [1.54, 1.807) is 13.2 Å². The largest absolute Gasteiger partial charge is 0.496 e. The van der Waals surface area contributed by atoms with Gasteiger partial charge in [0, 0.05) is 13.0 Å². The van der Waals surface area contributed by atoms with E-state index in [1.165, 1.54) is 11.1 Å². The zero-order valence-electron chi connectivity index (χ0n) is 15.9. The minimum absolute atomic E-state index is 0.405. The fraction of sp³-hybridized carbons (Fsp3) is 0.476. The standard InChI is InChI=1S/C21H31NO3/c1-6-10-18-16-17(12-13-19(18)24-5)11-8-9-14-21(3,4)25-20(23)22-15-7-2/h7-9,12-13,16H,2,6,10-11,14-15H2,1,3-5H3,(H,22,23). The quantitative estimate of drug-likeness (QED) is 0.618. The van der Waals surface area contributed by atoms with Crippen LogP contribution in [0.3, 0.4) is 0 Å². The molecule has 1 aromatic carbocycles. The van der Waals surface area contributed by atoms with Crippen LogP contribution in [-0.4, -0.2) is 25.3 Å². The van der Waals surface area contributed by atoms with Crippen molar-refractivity contribution in [2.45, 2.75) is 52.1 Å². The molecule has 1 aromatic rings. The van der Waals surface area contributed by atoms with E-state index < -0.39 is 11.7 Å². The zero-order valence-corrected chi connectivity index (χ0v) is 15.9. The van der Waals surface area contributed by atoms with Crippen LogP contribution in [0.1, 0.15) is 44.7 Å². The number of hydrogen-bond acceptors (Lipinski definition) is 3. The van der Waals surface area contributed by atoms with Gasteiger partial charge in [-0.3, -0.25) is 0 Å². The number of nitrogens with one attached hydrogen (secondary N) is 1. The van der Waals surface area contributed by atoms with Gasteiger partial charge < -0.3 is 14.8 Å². The summed E-state index contributed by atoms with van der Waals surface area (Å²) in [7, 11) is 1.71. The zero-order chi connectivity index (χ0) is 18.7. The summed E-state index contributed by atoms with van der Waals surface area (Å²) in [5, 5.41) is 2.62. The average molecular weight is 345 g/mol. The number of ether oxygens (including phenoxy) is 2. The maximum Gasteiger partial charge on any atom is 0.407 e. The predicted octanol–water partition coefficient (Wildman–Crippen LogP) is 4.83. The number of amides is 1. The van der Waals surface area contributed by atoms with Crippen molar-refractivity contribution in [3.05, 3.63) is 54.1 Å². The highest BCUT2D eigenvalue weighted by Crippen LogP contribution is 2.22. The van der Waals surface area contributed by atoms with Gasteiger partial charge in [-0.2, -0.15) is 0 Å². The molecule has 0 aliphatic heterocycles. The smallest absolute Gasteiger partial charge is 0.407 e. The lowest BCUT2D eigenvalue weighted by atomic mass is 10.0. The minimum Gasteiger partial charge on any atom is -0.496 e. The SMILES string of the molecule is C=CCNC(=O)OC(C)(C)CC=CCc1ccc(OC)c(CCC)c1. The topological polar surface area (TPSA) is 47.6 Å². The van der Waals surface area contributed by atoms with Gasteiger partial charge in [0.25, 0.3) is 0 Å². The van der Waals surface area contributed by atoms with Crippen LogP contribution in [0.25, 0.3) is 0 Å². The van der Waals surface area contributed by atoms with Crippen LogP contribution in [0.15, 0.2) is 43.0 Å². The van der Waals surface area contributed by atoms with E-state index >= 15 is 0 Å². The highest BCUT2D eigenvalue weighted by atomic mass is 16.6. The van der Waals surface area contributed by atoms with Gasteiger partial charge in [-0.15, -0.1) is 6.58 Å². The number of alkyl carbamates (subject to hydrolysis) is 1. The normalized spacial score (nSPS) is 11.4. The number of benzene rings is 1. The fourth-order valence-electron chi connectivity index (χ4n) is 2.49. The number of hydrogen-bond donors (Lipinski definition) is 1. The molecular weight excluding hydrogens is 314 g/mol. The molecule has 0 saturated carbocycles. The van der Waals surface area contributed by atoms with Gasteiger partial charge in [0.1, 0.15) is 11.4 Å². The molecule has 0 radical (unpaired) electrons. The Balaban J connectivity index is 2.55. The number of allylic oxidation sites excluding steroid dienone is 1. The van der Waals surface area contributed by atoms with Crippen LogP contribution in [0.2, 0.25) is 0 Å². The third kappa shape index (κ3) is 7.92. The highest BCUT2D eigenvalue weighted by Gasteiger charge is 2.20. The van der Waals surface area contributed by atoms with Gasteiger partial charge in [0.2, 0.25) is 0 Å². The average Bonchev–Trinajstić information content (AvgIpc) is 2.57. The van der Waals surface area contributed by atoms with E-state index in [9.17, 15) is 4.79 Å². The van der Waals surface area contributed by atoms with E-state index in [1.807, 2.05) is 19.9 Å². The van der Waals surface area contributed by atoms with Crippen LogP contribution in [0, 0.1) is 0 Å². The molecule has 0 bridgehead atoms. The maximum atomic E-state index is 11.6. The van der Waals surface area contributed by atoms with Gasteiger partial charge in [-0.25, -0.2) is 4.79 Å². The second kappa shape index (κ2) is 10.6. The monoisotopic (exact) mass is 345 g/mol. The summed E-state index contributed by atoms with van der Waals surface area (Å²) in [4.78, 5) is 11.6. The molecule has 1 amide bonds. The first-order valence-electron chi connectivity index (χ1n) is 8.80. The Hall–Kier alpha value is -2.23. The van der Waals surface area contributed by atoms with Gasteiger partial charge in [0.15, 0.2) is 0 Å². The van der Waals surface area contributed by atoms with Gasteiger partial charge in [-0.05, 0) is 43.9 Å². The molecule has 25 heavy (non-hydrogen) atoms. The third-order valence-corrected chi connectivity index (χ3v) is 3.75. The predicted molar refractivity (Wildman–Crippen MR) is 103 cm³/mol. The van der Waals surface area contributed by atoms with Crippen LogP contribution < -0.4 is 10.1 Å². The van der Waals surface area contributed by atoms with Crippen LogP contribution in [-0.2, 0) is 17.6 Å². The van der Waals surface area contributed by atoms with Crippen molar-refractivity contribution in [3.63, 3.8) is 0 Å². The Labute approximate surface area is 151 Å². The van der Waals surface area contributed by atoms with Crippen molar-refractivity contribution >= 4 is 6.09 Å². The Kier molecular flexibility index (Phi) is 8.82. The number of aryl methyl sites for hydroxylation is 1. The molecule has 0 heterocycles. The minimum atomic E-state index is -0.547. The summed E-state index contributed by atoms with van der Waals surface area (Å²) < 4.78 is 10.8. The van der Waals surface area contributed by atoms with Crippen molar-refractivity contribution in [2.24, 2.45) is 0 Å². The van der Waals surface area contributed by atoms with Crippen molar-refractivity contribution in [2.75, 3.05) is 13.7 Å². The number of carbonyl (C=O) groups excluding carboxylic acids is 1. The van der Waals surface area contributed by atoms with E-state index in [0.29, 0.717) is 13.0 Å². The first-order chi connectivity index (χ1) is 11.9. The van der Waals surface area contributed by atoms with E-state index in [-0.39, 0.29) is 0 Å². The molecular formula is C21H31NO3. The molecule has 0 spiro atoms. The molecule has 0 aromatic heterocycles. The Morgan fingerprint density at radius 2 is 2.08 bits per heavy atom. The molecule has 0 fully saturated rings. The van der Waals surface area contributed by atoms with Crippen LogP contribution in [0.4, 0.5) is 4.79 Å². The molecule has 0 aliphatic carbocycles. The summed E-state index contributed by atoms with van der Waals surface area (Å²) in [5.74, 6) is 0.953. The Bertz CT molecular complexity index is 591. The van der Waals surface area contributed by atoms with Crippen molar-refractivity contribution in [1.82, 2.24) is 5.32 Å². The van der Waals surface area contributed by atoms with E-state index in [2.05, 4.69) is 43.1 Å². The summed E-state index contributed by atoms with van der Waals surface area (Å²) in [5.41, 5.74) is 1.95. The molecule has 138 valence electrons. The first kappa shape index (κ1) is 20.8. The summed E-state index contributed by atoms with van der Waals surface area (Å²) in [6, 6.07) is 6.33. The Morgan fingerprint density at radius 3 is 2.72 bits per heavy atom. The van der Waals surface area contributed by atoms with Crippen molar-refractivity contribution in [3.8, 4) is 5.75 Å². The molecule has 0 atom stereocenters. The number of carbonyl (C=O) groups is 1. The number of methoxy groups -OCH3 is 1. The molecule has 1 N–H and O–H groups in total. The third-order valence-electron chi connectivity index (χ3n) is 3.75. The second-order valence-corrected chi connectivity index (χ2v) is 6.59. The van der Waals surface area contributed by atoms with Gasteiger partial charge in [-0.1, -0.05) is 43.7 Å².